The lowest BCUT2D eigenvalue weighted by Crippen LogP contribution is -2.37. The minimum Gasteiger partial charge on any atom is -0.444 e. The molecular formula is C15H18N2O3. The first kappa shape index (κ1) is 15.7. The molecule has 0 fully saturated rings. The van der Waals surface area contributed by atoms with Gasteiger partial charge in [-0.1, -0.05) is 12.1 Å². The van der Waals surface area contributed by atoms with Gasteiger partial charge in [-0.05, 0) is 38.5 Å². The number of carbonyl (C=O) groups is 2. The number of nitriles is 1. The predicted molar refractivity (Wildman–Crippen MR) is 74.0 cm³/mol. The molecule has 0 spiro atoms. The fourth-order valence-electron chi connectivity index (χ4n) is 1.60. The maximum atomic E-state index is 11.9. The van der Waals surface area contributed by atoms with Crippen LogP contribution in [0.25, 0.3) is 0 Å². The quantitative estimate of drug-likeness (QED) is 0.794. The molecule has 0 aliphatic carbocycles. The summed E-state index contributed by atoms with van der Waals surface area (Å²) in [5, 5.41) is 8.75. The number of benzene rings is 1. The third kappa shape index (κ3) is 4.09. The lowest BCUT2D eigenvalue weighted by atomic mass is 10.1. The van der Waals surface area contributed by atoms with Crippen molar-refractivity contribution in [2.45, 2.75) is 32.4 Å². The molecule has 0 aliphatic heterocycles. The molecule has 5 heteroatoms. The summed E-state index contributed by atoms with van der Waals surface area (Å²) in [6.45, 7) is 5.28. The maximum absolute atomic E-state index is 11.9. The van der Waals surface area contributed by atoms with E-state index in [9.17, 15) is 9.59 Å². The van der Waals surface area contributed by atoms with Gasteiger partial charge in [-0.3, -0.25) is 4.90 Å². The maximum Gasteiger partial charge on any atom is 0.410 e. The summed E-state index contributed by atoms with van der Waals surface area (Å²) in [4.78, 5) is 24.4. The first-order valence-electron chi connectivity index (χ1n) is 6.19. The Balaban J connectivity index is 2.92. The van der Waals surface area contributed by atoms with Gasteiger partial charge in [0.05, 0.1) is 11.6 Å². The molecular weight excluding hydrogens is 256 g/mol. The van der Waals surface area contributed by atoms with Gasteiger partial charge in [0.2, 0.25) is 0 Å². The molecule has 0 bridgehead atoms. The summed E-state index contributed by atoms with van der Waals surface area (Å²) in [6.07, 6.45) is 0.102. The smallest absolute Gasteiger partial charge is 0.410 e. The van der Waals surface area contributed by atoms with Crippen LogP contribution in [-0.2, 0) is 9.53 Å². The van der Waals surface area contributed by atoms with Gasteiger partial charge in [-0.25, -0.2) is 4.79 Å². The van der Waals surface area contributed by atoms with Gasteiger partial charge in [0, 0.05) is 7.05 Å². The zero-order chi connectivity index (χ0) is 15.3. The van der Waals surface area contributed by atoms with E-state index in [4.69, 9.17) is 10.00 Å². The second-order valence-corrected chi connectivity index (χ2v) is 5.41. The van der Waals surface area contributed by atoms with E-state index in [0.717, 1.165) is 0 Å². The fourth-order valence-corrected chi connectivity index (χ4v) is 1.60. The van der Waals surface area contributed by atoms with E-state index < -0.39 is 17.7 Å². The third-order valence-corrected chi connectivity index (χ3v) is 2.61. The van der Waals surface area contributed by atoms with E-state index in [1.54, 1.807) is 45.0 Å². The Morgan fingerprint density at radius 1 is 1.35 bits per heavy atom. The highest BCUT2D eigenvalue weighted by atomic mass is 16.6. The Hall–Kier alpha value is -2.35. The van der Waals surface area contributed by atoms with Crippen LogP contribution >= 0.6 is 0 Å². The van der Waals surface area contributed by atoms with E-state index in [0.29, 0.717) is 17.4 Å². The molecule has 1 atom stereocenters. The van der Waals surface area contributed by atoms with E-state index in [1.807, 2.05) is 6.07 Å². The molecule has 1 aromatic carbocycles. The minimum atomic E-state index is -0.738. The molecule has 0 aromatic heterocycles. The van der Waals surface area contributed by atoms with E-state index in [-0.39, 0.29) is 0 Å². The number of rotatable bonds is 3. The van der Waals surface area contributed by atoms with Crippen LogP contribution in [0.5, 0.6) is 0 Å². The molecule has 1 amide bonds. The van der Waals surface area contributed by atoms with Crippen LogP contribution in [-0.4, -0.2) is 29.9 Å². The second kappa shape index (κ2) is 6.20. The minimum absolute atomic E-state index is 0.498. The number of amides is 1. The van der Waals surface area contributed by atoms with Crippen LogP contribution in [0, 0.1) is 11.3 Å². The van der Waals surface area contributed by atoms with Crippen molar-refractivity contribution in [1.29, 1.82) is 5.26 Å². The molecule has 0 saturated heterocycles. The van der Waals surface area contributed by atoms with Crippen molar-refractivity contribution in [2.75, 3.05) is 7.05 Å². The van der Waals surface area contributed by atoms with Crippen molar-refractivity contribution in [1.82, 2.24) is 4.90 Å². The SMILES string of the molecule is CN(C(=O)OC(C)(C)C)C(C=O)c1ccc(C#N)cc1. The lowest BCUT2D eigenvalue weighted by Gasteiger charge is -2.28. The van der Waals surface area contributed by atoms with Gasteiger partial charge < -0.3 is 9.53 Å². The highest BCUT2D eigenvalue weighted by Gasteiger charge is 2.26. The highest BCUT2D eigenvalue weighted by molar-refractivity contribution is 5.74. The normalized spacial score (nSPS) is 12.2. The highest BCUT2D eigenvalue weighted by Crippen LogP contribution is 2.20. The van der Waals surface area contributed by atoms with Gasteiger partial charge in [-0.2, -0.15) is 5.26 Å². The fraction of sp³-hybridized carbons (Fsp3) is 0.400. The summed E-state index contributed by atoms with van der Waals surface area (Å²) in [5.74, 6) is 0. The number of ether oxygens (including phenoxy) is 1. The largest absolute Gasteiger partial charge is 0.444 e. The summed E-state index contributed by atoms with van der Waals surface area (Å²) in [6, 6.07) is 7.78. The van der Waals surface area contributed by atoms with Gasteiger partial charge >= 0.3 is 6.09 Å². The van der Waals surface area contributed by atoms with Gasteiger partial charge in [-0.15, -0.1) is 0 Å². The van der Waals surface area contributed by atoms with Crippen molar-refractivity contribution < 1.29 is 14.3 Å². The third-order valence-electron chi connectivity index (χ3n) is 2.61. The first-order chi connectivity index (χ1) is 9.28. The van der Waals surface area contributed by atoms with Gasteiger partial charge in [0.25, 0.3) is 0 Å². The Labute approximate surface area is 118 Å². The molecule has 0 radical (unpaired) electrons. The van der Waals surface area contributed by atoms with Crippen molar-refractivity contribution in [3.63, 3.8) is 0 Å². The summed E-state index contributed by atoms with van der Waals surface area (Å²) in [7, 11) is 1.51. The van der Waals surface area contributed by atoms with Gasteiger partial charge in [0.15, 0.2) is 0 Å². The van der Waals surface area contributed by atoms with Crippen LogP contribution in [0.1, 0.15) is 37.9 Å². The number of nitrogens with zero attached hydrogens (tertiary/aromatic N) is 2. The molecule has 1 rings (SSSR count). The standard InChI is InChI=1S/C15H18N2O3/c1-15(2,3)20-14(19)17(4)13(10-18)12-7-5-11(9-16)6-8-12/h5-8,10,13H,1-4H3. The molecule has 1 aromatic rings. The van der Waals surface area contributed by atoms with Crippen LogP contribution < -0.4 is 0 Å². The number of hydrogen-bond donors (Lipinski definition) is 0. The number of likely N-dealkylation sites (N-methyl/N-ethyl adjacent to an activating group) is 1. The first-order valence-corrected chi connectivity index (χ1v) is 6.19. The van der Waals surface area contributed by atoms with Crippen molar-refractivity contribution in [3.8, 4) is 6.07 Å². The zero-order valence-corrected chi connectivity index (χ0v) is 12.1. The molecule has 20 heavy (non-hydrogen) atoms. The molecule has 0 aliphatic rings. The van der Waals surface area contributed by atoms with Crippen molar-refractivity contribution in [2.24, 2.45) is 0 Å². The van der Waals surface area contributed by atoms with E-state index in [2.05, 4.69) is 0 Å². The lowest BCUT2D eigenvalue weighted by molar-refractivity contribution is -0.112. The van der Waals surface area contributed by atoms with Crippen LogP contribution in [0.3, 0.4) is 0 Å². The van der Waals surface area contributed by atoms with Crippen molar-refractivity contribution in [3.05, 3.63) is 35.4 Å². The second-order valence-electron chi connectivity index (χ2n) is 5.41. The number of carbonyl (C=O) groups excluding carboxylic acids is 2. The Morgan fingerprint density at radius 3 is 2.30 bits per heavy atom. The Morgan fingerprint density at radius 2 is 1.90 bits per heavy atom. The predicted octanol–water partition coefficient (Wildman–Crippen LogP) is 2.67. The Kier molecular flexibility index (Phi) is 4.87. The van der Waals surface area contributed by atoms with E-state index >= 15 is 0 Å². The molecule has 1 unspecified atom stereocenters. The van der Waals surface area contributed by atoms with Crippen LogP contribution in [0.15, 0.2) is 24.3 Å². The van der Waals surface area contributed by atoms with Crippen LogP contribution in [0.4, 0.5) is 4.79 Å². The molecule has 106 valence electrons. The molecule has 0 heterocycles. The topological polar surface area (TPSA) is 70.4 Å². The summed E-state index contributed by atoms with van der Waals surface area (Å²) in [5.41, 5.74) is 0.509. The van der Waals surface area contributed by atoms with Crippen LogP contribution in [0.2, 0.25) is 0 Å². The average molecular weight is 274 g/mol. The average Bonchev–Trinajstić information content (AvgIpc) is 2.38. The molecule has 0 N–H and O–H groups in total. The summed E-state index contributed by atoms with van der Waals surface area (Å²) < 4.78 is 5.22. The molecule has 0 saturated carbocycles. The molecule has 5 nitrogen and oxygen atoms in total. The summed E-state index contributed by atoms with van der Waals surface area (Å²) >= 11 is 0. The number of hydrogen-bond acceptors (Lipinski definition) is 4. The zero-order valence-electron chi connectivity index (χ0n) is 12.1. The monoisotopic (exact) mass is 274 g/mol. The van der Waals surface area contributed by atoms with Gasteiger partial charge in [0.1, 0.15) is 17.9 Å². The van der Waals surface area contributed by atoms with Crippen molar-refractivity contribution >= 4 is 12.4 Å². The Bertz CT molecular complexity index is 524. The number of aldehydes is 1. The van der Waals surface area contributed by atoms with E-state index in [1.165, 1.54) is 11.9 Å².